The van der Waals surface area contributed by atoms with E-state index in [4.69, 9.17) is 0 Å². The number of rotatable bonds is 4. The average molecular weight is 251 g/mol. The number of carbonyl (C=O) groups excluding carboxylic acids is 3. The Morgan fingerprint density at radius 3 is 2.11 bits per heavy atom. The summed E-state index contributed by atoms with van der Waals surface area (Å²) in [4.78, 5) is 37.5. The van der Waals surface area contributed by atoms with Crippen LogP contribution in [0.4, 0.5) is 0 Å². The molecule has 2 amide bonds. The highest BCUT2D eigenvalue weighted by Crippen LogP contribution is 2.44. The summed E-state index contributed by atoms with van der Waals surface area (Å²) < 4.78 is 0. The number of ketones is 1. The maximum absolute atomic E-state index is 12.3. The van der Waals surface area contributed by atoms with Crippen LogP contribution in [0.1, 0.15) is 46.5 Å². The molecule has 0 bridgehead atoms. The molecule has 2 aliphatic rings. The fraction of sp³-hybridized carbons (Fsp3) is 0.786. The number of amides is 2. The first kappa shape index (κ1) is 13.2. The monoisotopic (exact) mass is 251 g/mol. The highest BCUT2D eigenvalue weighted by molar-refractivity contribution is 6.08. The first-order chi connectivity index (χ1) is 8.51. The molecule has 4 nitrogen and oxygen atoms in total. The lowest BCUT2D eigenvalue weighted by atomic mass is 10.00. The van der Waals surface area contributed by atoms with Gasteiger partial charge in [-0.2, -0.15) is 0 Å². The molecule has 0 aromatic rings. The van der Waals surface area contributed by atoms with Crippen molar-refractivity contribution in [1.82, 2.24) is 4.90 Å². The van der Waals surface area contributed by atoms with E-state index in [0.717, 1.165) is 19.3 Å². The molecule has 1 aliphatic carbocycles. The Morgan fingerprint density at radius 2 is 1.72 bits per heavy atom. The van der Waals surface area contributed by atoms with Gasteiger partial charge in [0.2, 0.25) is 11.8 Å². The third kappa shape index (κ3) is 1.88. The fourth-order valence-electron chi connectivity index (χ4n) is 3.31. The Balaban J connectivity index is 2.17. The maximum Gasteiger partial charge on any atom is 0.233 e. The van der Waals surface area contributed by atoms with E-state index >= 15 is 0 Å². The lowest BCUT2D eigenvalue weighted by Gasteiger charge is -2.23. The number of hydrogen-bond acceptors (Lipinski definition) is 3. The van der Waals surface area contributed by atoms with E-state index in [-0.39, 0.29) is 29.4 Å². The van der Waals surface area contributed by atoms with Crippen LogP contribution in [0.15, 0.2) is 0 Å². The van der Waals surface area contributed by atoms with Gasteiger partial charge in [0.05, 0.1) is 17.9 Å². The zero-order chi connectivity index (χ0) is 13.4. The normalized spacial score (nSPS) is 32.8. The third-order valence-corrected chi connectivity index (χ3v) is 4.55. The Labute approximate surface area is 108 Å². The lowest BCUT2D eigenvalue weighted by Crippen LogP contribution is -2.44. The Morgan fingerprint density at radius 1 is 1.22 bits per heavy atom. The summed E-state index contributed by atoms with van der Waals surface area (Å²) in [5.74, 6) is -0.0921. The summed E-state index contributed by atoms with van der Waals surface area (Å²) in [6.45, 7) is 5.53. The van der Waals surface area contributed by atoms with Crippen LogP contribution in [0.5, 0.6) is 0 Å². The number of imide groups is 1. The summed E-state index contributed by atoms with van der Waals surface area (Å²) in [5, 5.41) is 0. The first-order valence-corrected chi connectivity index (χ1v) is 6.90. The van der Waals surface area contributed by atoms with Crippen molar-refractivity contribution in [3.8, 4) is 0 Å². The smallest absolute Gasteiger partial charge is 0.233 e. The van der Waals surface area contributed by atoms with Crippen molar-refractivity contribution in [2.24, 2.45) is 17.8 Å². The van der Waals surface area contributed by atoms with Gasteiger partial charge in [0.25, 0.3) is 0 Å². The zero-order valence-corrected chi connectivity index (χ0v) is 11.3. The number of hydrogen-bond donors (Lipinski definition) is 0. The maximum atomic E-state index is 12.3. The molecule has 0 aromatic carbocycles. The van der Waals surface area contributed by atoms with Crippen LogP contribution in [-0.4, -0.2) is 28.5 Å². The van der Waals surface area contributed by atoms with E-state index in [9.17, 15) is 14.4 Å². The predicted octanol–water partition coefficient (Wildman–Crippen LogP) is 1.78. The molecule has 0 radical (unpaired) electrons. The van der Waals surface area contributed by atoms with E-state index in [1.54, 1.807) is 13.8 Å². The van der Waals surface area contributed by atoms with Crippen molar-refractivity contribution in [2.75, 3.05) is 0 Å². The Kier molecular flexibility index (Phi) is 3.55. The van der Waals surface area contributed by atoms with Crippen molar-refractivity contribution < 1.29 is 14.4 Å². The average Bonchev–Trinajstić information content (AvgIpc) is 2.89. The molecule has 3 unspecified atom stereocenters. The summed E-state index contributed by atoms with van der Waals surface area (Å²) in [6, 6.07) is -0.583. The molecule has 1 saturated heterocycles. The van der Waals surface area contributed by atoms with E-state index in [2.05, 4.69) is 6.92 Å². The van der Waals surface area contributed by atoms with Crippen LogP contribution in [0.3, 0.4) is 0 Å². The zero-order valence-electron chi connectivity index (χ0n) is 11.3. The summed E-state index contributed by atoms with van der Waals surface area (Å²) in [5.41, 5.74) is 0. The molecule has 2 fully saturated rings. The molecule has 0 spiro atoms. The van der Waals surface area contributed by atoms with Gasteiger partial charge in [-0.15, -0.1) is 0 Å². The minimum atomic E-state index is -0.583. The minimum absolute atomic E-state index is 0.0382. The molecule has 18 heavy (non-hydrogen) atoms. The lowest BCUT2D eigenvalue weighted by molar-refractivity contribution is -0.147. The van der Waals surface area contributed by atoms with Gasteiger partial charge in [-0.25, -0.2) is 0 Å². The standard InChI is InChI=1S/C14H21NO3/c1-4-9-6-10-11(7-9)14(18)15(13(10)17)8(3)12(16)5-2/h8-11H,4-7H2,1-3H3. The van der Waals surface area contributed by atoms with Crippen molar-refractivity contribution >= 4 is 17.6 Å². The molecule has 2 rings (SSSR count). The molecule has 100 valence electrons. The molecule has 4 heteroatoms. The quantitative estimate of drug-likeness (QED) is 0.716. The van der Waals surface area contributed by atoms with Gasteiger partial charge in [-0.05, 0) is 25.7 Å². The van der Waals surface area contributed by atoms with E-state index < -0.39 is 6.04 Å². The third-order valence-electron chi connectivity index (χ3n) is 4.55. The highest BCUT2D eigenvalue weighted by Gasteiger charge is 2.53. The van der Waals surface area contributed by atoms with Gasteiger partial charge in [-0.3, -0.25) is 19.3 Å². The summed E-state index contributed by atoms with van der Waals surface area (Å²) in [7, 11) is 0. The van der Waals surface area contributed by atoms with E-state index in [1.165, 1.54) is 4.90 Å². The minimum Gasteiger partial charge on any atom is -0.297 e. The van der Waals surface area contributed by atoms with Gasteiger partial charge >= 0.3 is 0 Å². The van der Waals surface area contributed by atoms with Crippen molar-refractivity contribution in [1.29, 1.82) is 0 Å². The number of carbonyl (C=O) groups is 3. The SMILES string of the molecule is CCC(=O)C(C)N1C(=O)C2CC(CC)CC2C1=O. The second kappa shape index (κ2) is 4.82. The summed E-state index contributed by atoms with van der Waals surface area (Å²) in [6.07, 6.45) is 3.02. The van der Waals surface area contributed by atoms with Gasteiger partial charge < -0.3 is 0 Å². The Bertz CT molecular complexity index is 367. The van der Waals surface area contributed by atoms with Gasteiger partial charge in [0.1, 0.15) is 0 Å². The molecule has 1 heterocycles. The molecule has 3 atom stereocenters. The number of fused-ring (bicyclic) bond motifs is 1. The molecular formula is C14H21NO3. The number of nitrogens with zero attached hydrogens (tertiary/aromatic N) is 1. The van der Waals surface area contributed by atoms with Crippen LogP contribution in [0, 0.1) is 17.8 Å². The second-order valence-corrected chi connectivity index (χ2v) is 5.50. The van der Waals surface area contributed by atoms with Crippen LogP contribution < -0.4 is 0 Å². The highest BCUT2D eigenvalue weighted by atomic mass is 16.2. The van der Waals surface area contributed by atoms with Crippen molar-refractivity contribution in [2.45, 2.75) is 52.5 Å². The van der Waals surface area contributed by atoms with Crippen LogP contribution >= 0.6 is 0 Å². The molecule has 0 aromatic heterocycles. The summed E-state index contributed by atoms with van der Waals surface area (Å²) >= 11 is 0. The van der Waals surface area contributed by atoms with Gasteiger partial charge in [-0.1, -0.05) is 20.3 Å². The van der Waals surface area contributed by atoms with Crippen molar-refractivity contribution in [3.63, 3.8) is 0 Å². The number of likely N-dealkylation sites (tertiary alicyclic amines) is 1. The van der Waals surface area contributed by atoms with Crippen LogP contribution in [-0.2, 0) is 14.4 Å². The molecule has 0 N–H and O–H groups in total. The molecule has 1 aliphatic heterocycles. The van der Waals surface area contributed by atoms with Gasteiger partial charge in [0.15, 0.2) is 5.78 Å². The molecular weight excluding hydrogens is 230 g/mol. The van der Waals surface area contributed by atoms with Crippen LogP contribution in [0.25, 0.3) is 0 Å². The van der Waals surface area contributed by atoms with E-state index in [0.29, 0.717) is 12.3 Å². The predicted molar refractivity (Wildman–Crippen MR) is 66.6 cm³/mol. The number of Topliss-reactive ketones (excluding diaryl/α,β-unsaturated/α-hetero) is 1. The molecule has 1 saturated carbocycles. The fourth-order valence-corrected chi connectivity index (χ4v) is 3.31. The van der Waals surface area contributed by atoms with Crippen LogP contribution in [0.2, 0.25) is 0 Å². The second-order valence-electron chi connectivity index (χ2n) is 5.50. The van der Waals surface area contributed by atoms with Gasteiger partial charge in [0, 0.05) is 6.42 Å². The Hall–Kier alpha value is -1.19. The largest absolute Gasteiger partial charge is 0.297 e. The topological polar surface area (TPSA) is 54.5 Å². The van der Waals surface area contributed by atoms with E-state index in [1.807, 2.05) is 0 Å². The first-order valence-electron chi connectivity index (χ1n) is 6.90. The van der Waals surface area contributed by atoms with Crippen molar-refractivity contribution in [3.05, 3.63) is 0 Å².